The Morgan fingerprint density at radius 2 is 2.20 bits per heavy atom. The van der Waals surface area contributed by atoms with Crippen molar-refractivity contribution in [3.05, 3.63) is 40.1 Å². The van der Waals surface area contributed by atoms with Gasteiger partial charge in [-0.2, -0.15) is 11.3 Å². The Bertz CT molecular complexity index is 718. The molecule has 1 N–H and O–H groups in total. The van der Waals surface area contributed by atoms with Crippen LogP contribution in [0.4, 0.5) is 5.13 Å². The van der Waals surface area contributed by atoms with Crippen molar-refractivity contribution >= 4 is 38.0 Å². The molecule has 3 aromatic rings. The first kappa shape index (κ1) is 13.4. The molecule has 2 aromatic heterocycles. The van der Waals surface area contributed by atoms with Gasteiger partial charge in [0.15, 0.2) is 5.13 Å². The molecular weight excluding hydrogens is 288 g/mol. The molecule has 5 heteroatoms. The molecule has 0 fully saturated rings. The molecule has 0 unspecified atom stereocenters. The van der Waals surface area contributed by atoms with Gasteiger partial charge in [-0.3, -0.25) is 0 Å². The van der Waals surface area contributed by atoms with Gasteiger partial charge in [-0.1, -0.05) is 11.3 Å². The van der Waals surface area contributed by atoms with Crippen molar-refractivity contribution < 1.29 is 4.74 Å². The van der Waals surface area contributed by atoms with Crippen LogP contribution in [0.1, 0.15) is 18.1 Å². The van der Waals surface area contributed by atoms with Crippen molar-refractivity contribution in [1.82, 2.24) is 4.98 Å². The SMILES string of the molecule is CCOc1ccc2nc(NCc3cscc3C)sc2c1. The Labute approximate surface area is 126 Å². The summed E-state index contributed by atoms with van der Waals surface area (Å²) in [5.41, 5.74) is 3.69. The molecule has 0 aliphatic heterocycles. The lowest BCUT2D eigenvalue weighted by Gasteiger charge is -2.01. The van der Waals surface area contributed by atoms with Crippen molar-refractivity contribution in [3.63, 3.8) is 0 Å². The van der Waals surface area contributed by atoms with Crippen LogP contribution in [0.2, 0.25) is 0 Å². The maximum absolute atomic E-state index is 5.52. The zero-order chi connectivity index (χ0) is 13.9. The molecule has 0 saturated heterocycles. The van der Waals surface area contributed by atoms with E-state index in [0.717, 1.165) is 27.6 Å². The molecule has 3 rings (SSSR count). The summed E-state index contributed by atoms with van der Waals surface area (Å²) < 4.78 is 6.67. The van der Waals surface area contributed by atoms with E-state index < -0.39 is 0 Å². The van der Waals surface area contributed by atoms with E-state index in [1.165, 1.54) is 11.1 Å². The van der Waals surface area contributed by atoms with Crippen LogP contribution in [-0.2, 0) is 6.54 Å². The molecule has 3 nitrogen and oxygen atoms in total. The van der Waals surface area contributed by atoms with Crippen molar-refractivity contribution in [2.75, 3.05) is 11.9 Å². The van der Waals surface area contributed by atoms with Crippen LogP contribution in [-0.4, -0.2) is 11.6 Å². The lowest BCUT2D eigenvalue weighted by atomic mass is 10.2. The molecule has 0 aliphatic rings. The van der Waals surface area contributed by atoms with Gasteiger partial charge in [0.1, 0.15) is 5.75 Å². The summed E-state index contributed by atoms with van der Waals surface area (Å²) in [5.74, 6) is 0.906. The fourth-order valence-electron chi connectivity index (χ4n) is 1.98. The van der Waals surface area contributed by atoms with Crippen LogP contribution in [0.25, 0.3) is 10.2 Å². The number of nitrogens with zero attached hydrogens (tertiary/aromatic N) is 1. The van der Waals surface area contributed by atoms with Gasteiger partial charge in [0.05, 0.1) is 16.8 Å². The smallest absolute Gasteiger partial charge is 0.184 e. The first-order valence-corrected chi connectivity index (χ1v) is 8.31. The van der Waals surface area contributed by atoms with E-state index >= 15 is 0 Å². The number of hydrogen-bond donors (Lipinski definition) is 1. The van der Waals surface area contributed by atoms with Crippen molar-refractivity contribution in [2.45, 2.75) is 20.4 Å². The molecule has 1 aromatic carbocycles. The Morgan fingerprint density at radius 1 is 1.30 bits per heavy atom. The third-order valence-corrected chi connectivity index (χ3v) is 4.95. The predicted molar refractivity (Wildman–Crippen MR) is 87.2 cm³/mol. The molecule has 104 valence electrons. The van der Waals surface area contributed by atoms with Gasteiger partial charge in [-0.25, -0.2) is 4.98 Å². The largest absolute Gasteiger partial charge is 0.494 e. The minimum absolute atomic E-state index is 0.687. The summed E-state index contributed by atoms with van der Waals surface area (Å²) in [6.45, 7) is 5.65. The van der Waals surface area contributed by atoms with Gasteiger partial charge in [0, 0.05) is 6.54 Å². The van der Waals surface area contributed by atoms with Crippen LogP contribution in [0, 0.1) is 6.92 Å². The quantitative estimate of drug-likeness (QED) is 0.743. The van der Waals surface area contributed by atoms with Crippen LogP contribution in [0.3, 0.4) is 0 Å². The molecule has 0 aliphatic carbocycles. The van der Waals surface area contributed by atoms with Crippen LogP contribution < -0.4 is 10.1 Å². The van der Waals surface area contributed by atoms with Gasteiger partial charge in [0.25, 0.3) is 0 Å². The van der Waals surface area contributed by atoms with Crippen LogP contribution in [0.15, 0.2) is 29.0 Å². The average Bonchev–Trinajstić information content (AvgIpc) is 3.02. The minimum Gasteiger partial charge on any atom is -0.494 e. The summed E-state index contributed by atoms with van der Waals surface area (Å²) in [4.78, 5) is 4.60. The van der Waals surface area contributed by atoms with E-state index in [0.29, 0.717) is 6.61 Å². The number of anilines is 1. The second-order valence-electron chi connectivity index (χ2n) is 4.52. The molecule has 0 radical (unpaired) electrons. The van der Waals surface area contributed by atoms with E-state index in [4.69, 9.17) is 4.74 Å². The normalized spacial score (nSPS) is 10.9. The van der Waals surface area contributed by atoms with E-state index in [-0.39, 0.29) is 0 Å². The molecule has 0 spiro atoms. The van der Waals surface area contributed by atoms with Crippen LogP contribution in [0.5, 0.6) is 5.75 Å². The summed E-state index contributed by atoms with van der Waals surface area (Å²) in [6, 6.07) is 6.04. The number of ether oxygens (including phenoxy) is 1. The number of benzene rings is 1. The zero-order valence-corrected chi connectivity index (χ0v) is 13.1. The van der Waals surface area contributed by atoms with Gasteiger partial charge in [-0.15, -0.1) is 0 Å². The van der Waals surface area contributed by atoms with E-state index in [2.05, 4.69) is 34.1 Å². The van der Waals surface area contributed by atoms with Crippen LogP contribution >= 0.6 is 22.7 Å². The third-order valence-electron chi connectivity index (χ3n) is 3.06. The maximum atomic E-state index is 5.52. The van der Waals surface area contributed by atoms with Gasteiger partial charge in [-0.05, 0) is 53.9 Å². The molecule has 0 bridgehead atoms. The number of rotatable bonds is 5. The van der Waals surface area contributed by atoms with Crippen molar-refractivity contribution in [2.24, 2.45) is 0 Å². The lowest BCUT2D eigenvalue weighted by molar-refractivity contribution is 0.341. The first-order chi connectivity index (χ1) is 9.76. The number of nitrogens with one attached hydrogen (secondary N) is 1. The van der Waals surface area contributed by atoms with E-state index in [1.807, 2.05) is 19.1 Å². The Morgan fingerprint density at radius 3 is 2.95 bits per heavy atom. The third kappa shape index (κ3) is 2.78. The second kappa shape index (κ2) is 5.81. The predicted octanol–water partition coefficient (Wildman–Crippen LogP) is 4.68. The highest BCUT2D eigenvalue weighted by Gasteiger charge is 2.06. The van der Waals surface area contributed by atoms with Crippen molar-refractivity contribution in [3.8, 4) is 5.75 Å². The highest BCUT2D eigenvalue weighted by atomic mass is 32.1. The Hall–Kier alpha value is -1.59. The molecule has 0 amide bonds. The second-order valence-corrected chi connectivity index (χ2v) is 6.29. The summed E-state index contributed by atoms with van der Waals surface area (Å²) in [6.07, 6.45) is 0. The zero-order valence-electron chi connectivity index (χ0n) is 11.5. The molecule has 0 atom stereocenters. The highest BCUT2D eigenvalue weighted by molar-refractivity contribution is 7.22. The maximum Gasteiger partial charge on any atom is 0.184 e. The molecule has 2 heterocycles. The molecule has 20 heavy (non-hydrogen) atoms. The number of thiazole rings is 1. The monoisotopic (exact) mass is 304 g/mol. The summed E-state index contributed by atoms with van der Waals surface area (Å²) in [5, 5.41) is 8.71. The average molecular weight is 304 g/mol. The topological polar surface area (TPSA) is 34.1 Å². The Balaban J connectivity index is 1.77. The van der Waals surface area contributed by atoms with Gasteiger partial charge >= 0.3 is 0 Å². The molecule has 0 saturated carbocycles. The lowest BCUT2D eigenvalue weighted by Crippen LogP contribution is -1.98. The van der Waals surface area contributed by atoms with Gasteiger partial charge in [0.2, 0.25) is 0 Å². The fourth-order valence-corrected chi connectivity index (χ4v) is 3.72. The fraction of sp³-hybridized carbons (Fsp3) is 0.267. The van der Waals surface area contributed by atoms with E-state index in [9.17, 15) is 0 Å². The first-order valence-electron chi connectivity index (χ1n) is 6.55. The number of fused-ring (bicyclic) bond motifs is 1. The Kier molecular flexibility index (Phi) is 3.89. The summed E-state index contributed by atoms with van der Waals surface area (Å²) in [7, 11) is 0. The number of hydrogen-bond acceptors (Lipinski definition) is 5. The van der Waals surface area contributed by atoms with E-state index in [1.54, 1.807) is 22.7 Å². The van der Waals surface area contributed by atoms with Crippen molar-refractivity contribution in [1.29, 1.82) is 0 Å². The standard InChI is InChI=1S/C15H16N2OS2/c1-3-18-12-4-5-13-14(6-12)20-15(17-13)16-7-11-9-19-8-10(11)2/h4-6,8-9H,3,7H2,1-2H3,(H,16,17). The highest BCUT2D eigenvalue weighted by Crippen LogP contribution is 2.29. The number of aryl methyl sites for hydroxylation is 1. The summed E-state index contributed by atoms with van der Waals surface area (Å²) >= 11 is 3.41. The number of thiophene rings is 1. The van der Waals surface area contributed by atoms with Gasteiger partial charge < -0.3 is 10.1 Å². The minimum atomic E-state index is 0.687. The number of aromatic nitrogens is 1. The molecular formula is C15H16N2OS2.